The van der Waals surface area contributed by atoms with E-state index in [1.54, 1.807) is 30.0 Å². The third-order valence-electron chi connectivity index (χ3n) is 4.59. The van der Waals surface area contributed by atoms with Crippen molar-refractivity contribution in [2.45, 2.75) is 50.7 Å². The second-order valence-electron chi connectivity index (χ2n) is 6.89. The molecule has 0 aliphatic carbocycles. The van der Waals surface area contributed by atoms with Crippen LogP contribution in [0.1, 0.15) is 32.8 Å². The van der Waals surface area contributed by atoms with Gasteiger partial charge < -0.3 is 10.2 Å². The molecule has 2 rings (SSSR count). The maximum absolute atomic E-state index is 13.0. The molecule has 0 aliphatic rings. The molecule has 2 atom stereocenters. The number of hydrogen-bond acceptors (Lipinski definition) is 3. The highest BCUT2D eigenvalue weighted by atomic mass is 35.5. The highest BCUT2D eigenvalue weighted by Crippen LogP contribution is 2.22. The zero-order chi connectivity index (χ0) is 21.4. The van der Waals surface area contributed by atoms with Gasteiger partial charge in [-0.3, -0.25) is 9.59 Å². The molecule has 0 aromatic heterocycles. The van der Waals surface area contributed by atoms with Crippen molar-refractivity contribution in [2.24, 2.45) is 0 Å². The molecule has 0 radical (unpaired) electrons. The smallest absolute Gasteiger partial charge is 0.242 e. The second kappa shape index (κ2) is 11.5. The van der Waals surface area contributed by atoms with E-state index in [1.807, 2.05) is 44.2 Å². The van der Waals surface area contributed by atoms with Gasteiger partial charge in [0.15, 0.2) is 0 Å². The number of halogens is 2. The second-order valence-corrected chi connectivity index (χ2v) is 8.81. The van der Waals surface area contributed by atoms with E-state index >= 15 is 0 Å². The van der Waals surface area contributed by atoms with Gasteiger partial charge in [0.05, 0.1) is 5.75 Å². The lowest BCUT2D eigenvalue weighted by Gasteiger charge is -2.29. The summed E-state index contributed by atoms with van der Waals surface area (Å²) in [4.78, 5) is 28.3. The standard InChI is InChI=1S/C22H26Cl2N2O2S/c1-4-15(2)25-22(28)16(3)26(13-17-6-5-7-19(24)12-17)21(27)14-29-20-10-8-18(23)9-11-20/h5-12,15-16H,4,13-14H2,1-3H3,(H,25,28). The minimum Gasteiger partial charge on any atom is -0.352 e. The van der Waals surface area contributed by atoms with E-state index in [0.717, 1.165) is 16.9 Å². The molecule has 0 aliphatic heterocycles. The Balaban J connectivity index is 2.14. The Morgan fingerprint density at radius 1 is 1.07 bits per heavy atom. The van der Waals surface area contributed by atoms with Gasteiger partial charge in [0.1, 0.15) is 6.04 Å². The van der Waals surface area contributed by atoms with Crippen molar-refractivity contribution >= 4 is 46.8 Å². The van der Waals surface area contributed by atoms with E-state index in [4.69, 9.17) is 23.2 Å². The Hall–Kier alpha value is -1.69. The van der Waals surface area contributed by atoms with E-state index in [9.17, 15) is 9.59 Å². The summed E-state index contributed by atoms with van der Waals surface area (Å²) in [6.45, 7) is 6.03. The van der Waals surface area contributed by atoms with Gasteiger partial charge in [0, 0.05) is 27.5 Å². The van der Waals surface area contributed by atoms with Gasteiger partial charge in [0.2, 0.25) is 11.8 Å². The highest BCUT2D eigenvalue weighted by molar-refractivity contribution is 8.00. The molecule has 4 nitrogen and oxygen atoms in total. The van der Waals surface area contributed by atoms with Crippen LogP contribution >= 0.6 is 35.0 Å². The number of thioether (sulfide) groups is 1. The first kappa shape index (κ1) is 23.6. The maximum atomic E-state index is 13.0. The third-order valence-corrected chi connectivity index (χ3v) is 6.07. The summed E-state index contributed by atoms with van der Waals surface area (Å²) in [5.74, 6) is -0.0497. The molecule has 0 saturated carbocycles. The number of nitrogens with one attached hydrogen (secondary N) is 1. The largest absolute Gasteiger partial charge is 0.352 e. The van der Waals surface area contributed by atoms with Crippen LogP contribution in [0.15, 0.2) is 53.4 Å². The lowest BCUT2D eigenvalue weighted by atomic mass is 10.1. The fourth-order valence-corrected chi connectivity index (χ4v) is 3.76. The molecule has 0 spiro atoms. The quantitative estimate of drug-likeness (QED) is 0.516. The van der Waals surface area contributed by atoms with E-state index < -0.39 is 6.04 Å². The molecule has 0 saturated heterocycles. The lowest BCUT2D eigenvalue weighted by molar-refractivity contribution is -0.138. The van der Waals surface area contributed by atoms with Gasteiger partial charge in [-0.05, 0) is 62.2 Å². The number of rotatable bonds is 9. The predicted octanol–water partition coefficient (Wildman–Crippen LogP) is 5.42. The van der Waals surface area contributed by atoms with Crippen molar-refractivity contribution in [3.63, 3.8) is 0 Å². The molecule has 1 N–H and O–H groups in total. The zero-order valence-corrected chi connectivity index (χ0v) is 19.2. The topological polar surface area (TPSA) is 49.4 Å². The van der Waals surface area contributed by atoms with Crippen LogP contribution in [-0.4, -0.2) is 34.6 Å². The maximum Gasteiger partial charge on any atom is 0.242 e. The molecule has 0 fully saturated rings. The molecule has 2 aromatic rings. The van der Waals surface area contributed by atoms with Crippen molar-refractivity contribution in [3.05, 3.63) is 64.1 Å². The first-order valence-electron chi connectivity index (χ1n) is 9.52. The van der Waals surface area contributed by atoms with Gasteiger partial charge in [0.25, 0.3) is 0 Å². The molecule has 156 valence electrons. The fourth-order valence-electron chi connectivity index (χ4n) is 2.64. The summed E-state index contributed by atoms with van der Waals surface area (Å²) in [6, 6.07) is 14.1. The molecule has 0 heterocycles. The fraction of sp³-hybridized carbons (Fsp3) is 0.364. The Morgan fingerprint density at radius 2 is 1.76 bits per heavy atom. The van der Waals surface area contributed by atoms with Crippen molar-refractivity contribution in [1.29, 1.82) is 0 Å². The number of nitrogens with zero attached hydrogens (tertiary/aromatic N) is 1. The summed E-state index contributed by atoms with van der Waals surface area (Å²) in [5, 5.41) is 4.21. The van der Waals surface area contributed by atoms with Gasteiger partial charge >= 0.3 is 0 Å². The Labute approximate surface area is 187 Å². The highest BCUT2D eigenvalue weighted by Gasteiger charge is 2.26. The average Bonchev–Trinajstić information content (AvgIpc) is 2.70. The van der Waals surface area contributed by atoms with E-state index in [-0.39, 0.29) is 23.6 Å². The number of hydrogen-bond donors (Lipinski definition) is 1. The SMILES string of the molecule is CCC(C)NC(=O)C(C)N(Cc1cccc(Cl)c1)C(=O)CSc1ccc(Cl)cc1. The number of benzene rings is 2. The Morgan fingerprint density at radius 3 is 2.38 bits per heavy atom. The summed E-state index contributed by atoms with van der Waals surface area (Å²) in [6.07, 6.45) is 0.827. The van der Waals surface area contributed by atoms with Crippen LogP contribution in [0.2, 0.25) is 10.0 Å². The summed E-state index contributed by atoms with van der Waals surface area (Å²) >= 11 is 13.4. The van der Waals surface area contributed by atoms with E-state index in [1.165, 1.54) is 11.8 Å². The Bertz CT molecular complexity index is 830. The molecule has 2 amide bonds. The Kier molecular flexibility index (Phi) is 9.34. The van der Waals surface area contributed by atoms with E-state index in [0.29, 0.717) is 16.6 Å². The number of amides is 2. The first-order chi connectivity index (χ1) is 13.8. The number of carbonyl (C=O) groups is 2. The van der Waals surface area contributed by atoms with Crippen molar-refractivity contribution < 1.29 is 9.59 Å². The van der Waals surface area contributed by atoms with Crippen LogP contribution in [0.25, 0.3) is 0 Å². The van der Waals surface area contributed by atoms with Gasteiger partial charge in [-0.25, -0.2) is 0 Å². The van der Waals surface area contributed by atoms with Gasteiger partial charge in [-0.2, -0.15) is 0 Å². The van der Waals surface area contributed by atoms with Crippen LogP contribution in [0, 0.1) is 0 Å². The van der Waals surface area contributed by atoms with Crippen LogP contribution in [-0.2, 0) is 16.1 Å². The monoisotopic (exact) mass is 452 g/mol. The molecular formula is C22H26Cl2N2O2S. The first-order valence-corrected chi connectivity index (χ1v) is 11.3. The van der Waals surface area contributed by atoms with Gasteiger partial charge in [-0.1, -0.05) is 42.3 Å². The molecule has 0 bridgehead atoms. The van der Waals surface area contributed by atoms with E-state index in [2.05, 4.69) is 5.32 Å². The zero-order valence-electron chi connectivity index (χ0n) is 16.8. The molecule has 29 heavy (non-hydrogen) atoms. The van der Waals surface area contributed by atoms with Crippen molar-refractivity contribution in [1.82, 2.24) is 10.2 Å². The predicted molar refractivity (Wildman–Crippen MR) is 122 cm³/mol. The van der Waals surface area contributed by atoms with Crippen LogP contribution in [0.3, 0.4) is 0 Å². The summed E-state index contributed by atoms with van der Waals surface area (Å²) < 4.78 is 0. The number of carbonyl (C=O) groups excluding carboxylic acids is 2. The minimum absolute atomic E-state index is 0.0523. The lowest BCUT2D eigenvalue weighted by Crippen LogP contribution is -2.50. The molecule has 2 unspecified atom stereocenters. The van der Waals surface area contributed by atoms with Crippen molar-refractivity contribution in [3.8, 4) is 0 Å². The van der Waals surface area contributed by atoms with Gasteiger partial charge in [-0.15, -0.1) is 11.8 Å². The molecule has 7 heteroatoms. The minimum atomic E-state index is -0.596. The average molecular weight is 453 g/mol. The summed E-state index contributed by atoms with van der Waals surface area (Å²) in [5.41, 5.74) is 0.880. The van der Waals surface area contributed by atoms with Crippen LogP contribution in [0.4, 0.5) is 0 Å². The summed E-state index contributed by atoms with van der Waals surface area (Å²) in [7, 11) is 0. The third kappa shape index (κ3) is 7.57. The molecule has 2 aromatic carbocycles. The normalized spacial score (nSPS) is 12.9. The van der Waals surface area contributed by atoms with Crippen LogP contribution < -0.4 is 5.32 Å². The van der Waals surface area contributed by atoms with Crippen molar-refractivity contribution in [2.75, 3.05) is 5.75 Å². The molecular weight excluding hydrogens is 427 g/mol. The van der Waals surface area contributed by atoms with Crippen LogP contribution in [0.5, 0.6) is 0 Å².